The van der Waals surface area contributed by atoms with Crippen molar-refractivity contribution >= 4 is 23.4 Å². The molecular formula is C13H14N4O2S. The molecule has 0 aliphatic carbocycles. The zero-order chi connectivity index (χ0) is 14.2. The molecule has 1 heterocycles. The number of thioether (sulfide) groups is 1. The zero-order valence-corrected chi connectivity index (χ0v) is 11.5. The van der Waals surface area contributed by atoms with Crippen molar-refractivity contribution in [3.8, 4) is 0 Å². The molecule has 2 rings (SSSR count). The lowest BCUT2D eigenvalue weighted by molar-refractivity contribution is -0.387. The van der Waals surface area contributed by atoms with Crippen molar-refractivity contribution in [2.45, 2.75) is 11.3 Å². The summed E-state index contributed by atoms with van der Waals surface area (Å²) >= 11 is 1.49. The summed E-state index contributed by atoms with van der Waals surface area (Å²) in [6.07, 6.45) is 4.23. The van der Waals surface area contributed by atoms with E-state index in [1.807, 2.05) is 6.07 Å². The molecular weight excluding hydrogens is 276 g/mol. The topological polar surface area (TPSA) is 81.0 Å². The highest BCUT2D eigenvalue weighted by atomic mass is 32.2. The molecule has 0 spiro atoms. The van der Waals surface area contributed by atoms with Gasteiger partial charge in [0.15, 0.2) is 0 Å². The molecule has 2 aromatic rings. The van der Waals surface area contributed by atoms with Crippen molar-refractivity contribution in [2.24, 2.45) is 0 Å². The van der Waals surface area contributed by atoms with E-state index in [9.17, 15) is 10.1 Å². The third-order valence-corrected chi connectivity index (χ3v) is 3.64. The van der Waals surface area contributed by atoms with Crippen LogP contribution in [0.3, 0.4) is 0 Å². The fraction of sp³-hybridized carbons (Fsp3) is 0.231. The molecule has 0 fully saturated rings. The van der Waals surface area contributed by atoms with Gasteiger partial charge in [0.1, 0.15) is 0 Å². The van der Waals surface area contributed by atoms with Crippen LogP contribution in [-0.4, -0.2) is 27.2 Å². The minimum absolute atomic E-state index is 0.164. The van der Waals surface area contributed by atoms with Gasteiger partial charge in [0.2, 0.25) is 5.95 Å². The maximum atomic E-state index is 10.9. The van der Waals surface area contributed by atoms with E-state index >= 15 is 0 Å². The molecule has 7 heteroatoms. The Labute approximate surface area is 120 Å². The highest BCUT2D eigenvalue weighted by molar-refractivity contribution is 7.99. The second kappa shape index (κ2) is 7.44. The molecule has 104 valence electrons. The van der Waals surface area contributed by atoms with Gasteiger partial charge in [-0.05, 0) is 24.3 Å². The first-order valence-electron chi connectivity index (χ1n) is 6.14. The largest absolute Gasteiger partial charge is 0.354 e. The number of para-hydroxylation sites is 1. The Balaban J connectivity index is 1.75. The summed E-state index contributed by atoms with van der Waals surface area (Å²) in [7, 11) is 0. The Hall–Kier alpha value is -2.15. The van der Waals surface area contributed by atoms with Gasteiger partial charge < -0.3 is 5.32 Å². The van der Waals surface area contributed by atoms with E-state index in [-0.39, 0.29) is 10.6 Å². The van der Waals surface area contributed by atoms with Crippen LogP contribution in [0.2, 0.25) is 0 Å². The highest BCUT2D eigenvalue weighted by Gasteiger charge is 2.11. The predicted molar refractivity (Wildman–Crippen MR) is 79.0 cm³/mol. The van der Waals surface area contributed by atoms with E-state index in [1.165, 1.54) is 17.8 Å². The normalized spacial score (nSPS) is 10.2. The summed E-state index contributed by atoms with van der Waals surface area (Å²) in [5.41, 5.74) is 0.164. The molecule has 0 aliphatic rings. The number of anilines is 1. The van der Waals surface area contributed by atoms with Gasteiger partial charge in [0, 0.05) is 25.0 Å². The molecule has 20 heavy (non-hydrogen) atoms. The minimum Gasteiger partial charge on any atom is -0.354 e. The minimum atomic E-state index is -0.349. The molecule has 0 aliphatic heterocycles. The van der Waals surface area contributed by atoms with Crippen LogP contribution >= 0.6 is 11.8 Å². The average Bonchev–Trinajstić information content (AvgIpc) is 2.48. The summed E-state index contributed by atoms with van der Waals surface area (Å²) in [6.45, 7) is 0.734. The molecule has 1 aromatic carbocycles. The Morgan fingerprint density at radius 1 is 1.20 bits per heavy atom. The molecule has 0 unspecified atom stereocenters. The SMILES string of the molecule is O=[N+]([O-])c1ccccc1SCCCNc1ncccn1. The Morgan fingerprint density at radius 3 is 2.70 bits per heavy atom. The lowest BCUT2D eigenvalue weighted by Crippen LogP contribution is -2.05. The molecule has 0 saturated carbocycles. The van der Waals surface area contributed by atoms with E-state index in [1.54, 1.807) is 30.6 Å². The number of nitro groups is 1. The zero-order valence-electron chi connectivity index (χ0n) is 10.7. The predicted octanol–water partition coefficient (Wildman–Crippen LogP) is 2.98. The number of nitrogens with zero attached hydrogens (tertiary/aromatic N) is 3. The molecule has 1 N–H and O–H groups in total. The Bertz CT molecular complexity index is 565. The Morgan fingerprint density at radius 2 is 1.95 bits per heavy atom. The van der Waals surface area contributed by atoms with Gasteiger partial charge in [-0.1, -0.05) is 12.1 Å². The van der Waals surface area contributed by atoms with E-state index in [4.69, 9.17) is 0 Å². The average molecular weight is 290 g/mol. The maximum absolute atomic E-state index is 10.9. The van der Waals surface area contributed by atoms with Crippen LogP contribution in [0.25, 0.3) is 0 Å². The molecule has 0 atom stereocenters. The molecule has 0 saturated heterocycles. The number of aromatic nitrogens is 2. The summed E-state index contributed by atoms with van der Waals surface area (Å²) in [5, 5.41) is 14.0. The third-order valence-electron chi connectivity index (χ3n) is 2.49. The van der Waals surface area contributed by atoms with E-state index in [0.717, 1.165) is 18.7 Å². The molecule has 0 radical (unpaired) electrons. The first-order chi connectivity index (χ1) is 9.77. The second-order valence-corrected chi connectivity index (χ2v) is 5.06. The number of nitrogens with one attached hydrogen (secondary N) is 1. The van der Waals surface area contributed by atoms with Gasteiger partial charge in [-0.2, -0.15) is 0 Å². The van der Waals surface area contributed by atoms with Crippen LogP contribution in [-0.2, 0) is 0 Å². The fourth-order valence-corrected chi connectivity index (χ4v) is 2.55. The number of hydrogen-bond acceptors (Lipinski definition) is 6. The molecule has 0 bridgehead atoms. The van der Waals surface area contributed by atoms with Crippen molar-refractivity contribution in [3.05, 3.63) is 52.8 Å². The van der Waals surface area contributed by atoms with E-state index < -0.39 is 0 Å². The van der Waals surface area contributed by atoms with Crippen molar-refractivity contribution < 1.29 is 4.92 Å². The third kappa shape index (κ3) is 4.20. The summed E-state index contributed by atoms with van der Waals surface area (Å²) in [5.74, 6) is 1.40. The molecule has 1 aromatic heterocycles. The van der Waals surface area contributed by atoms with E-state index in [0.29, 0.717) is 10.8 Å². The number of nitro benzene ring substituents is 1. The molecule has 6 nitrogen and oxygen atoms in total. The van der Waals surface area contributed by atoms with Crippen molar-refractivity contribution in [3.63, 3.8) is 0 Å². The number of rotatable bonds is 7. The van der Waals surface area contributed by atoms with Crippen LogP contribution < -0.4 is 5.32 Å². The summed E-state index contributed by atoms with van der Waals surface area (Å²) in [4.78, 5) is 19.3. The standard InChI is InChI=1S/C13H14N4O2S/c18-17(19)11-5-1-2-6-12(11)20-10-4-9-16-13-14-7-3-8-15-13/h1-3,5-8H,4,9-10H2,(H,14,15,16). The highest BCUT2D eigenvalue weighted by Crippen LogP contribution is 2.28. The van der Waals surface area contributed by atoms with Gasteiger partial charge in [-0.15, -0.1) is 11.8 Å². The van der Waals surface area contributed by atoms with Gasteiger partial charge in [-0.3, -0.25) is 10.1 Å². The van der Waals surface area contributed by atoms with Gasteiger partial charge in [0.25, 0.3) is 5.69 Å². The first kappa shape index (κ1) is 14.3. The van der Waals surface area contributed by atoms with Crippen molar-refractivity contribution in [2.75, 3.05) is 17.6 Å². The lowest BCUT2D eigenvalue weighted by Gasteiger charge is -2.04. The van der Waals surface area contributed by atoms with Crippen molar-refractivity contribution in [1.29, 1.82) is 0 Å². The summed E-state index contributed by atoms with van der Waals surface area (Å²) < 4.78 is 0. The van der Waals surface area contributed by atoms with Crippen molar-refractivity contribution in [1.82, 2.24) is 9.97 Å². The summed E-state index contributed by atoms with van der Waals surface area (Å²) in [6, 6.07) is 8.55. The Kier molecular flexibility index (Phi) is 5.31. The van der Waals surface area contributed by atoms with Gasteiger partial charge in [0.05, 0.1) is 9.82 Å². The molecule has 0 amide bonds. The number of benzene rings is 1. The first-order valence-corrected chi connectivity index (χ1v) is 7.13. The smallest absolute Gasteiger partial charge is 0.282 e. The van der Waals surface area contributed by atoms with E-state index in [2.05, 4.69) is 15.3 Å². The lowest BCUT2D eigenvalue weighted by atomic mass is 10.3. The fourth-order valence-electron chi connectivity index (χ4n) is 1.57. The number of hydrogen-bond donors (Lipinski definition) is 1. The van der Waals surface area contributed by atoms with Gasteiger partial charge in [-0.25, -0.2) is 9.97 Å². The van der Waals surface area contributed by atoms with Crippen LogP contribution in [0, 0.1) is 10.1 Å². The van der Waals surface area contributed by atoms with Crippen LogP contribution in [0.5, 0.6) is 0 Å². The second-order valence-electron chi connectivity index (χ2n) is 3.93. The van der Waals surface area contributed by atoms with Crippen LogP contribution in [0.4, 0.5) is 11.6 Å². The van der Waals surface area contributed by atoms with Crippen LogP contribution in [0.15, 0.2) is 47.6 Å². The van der Waals surface area contributed by atoms with Crippen LogP contribution in [0.1, 0.15) is 6.42 Å². The monoisotopic (exact) mass is 290 g/mol. The quantitative estimate of drug-likeness (QED) is 0.365. The van der Waals surface area contributed by atoms with Gasteiger partial charge >= 0.3 is 0 Å². The maximum Gasteiger partial charge on any atom is 0.282 e.